The number of rotatable bonds is 7. The lowest BCUT2D eigenvalue weighted by atomic mass is 9.97. The van der Waals surface area contributed by atoms with Crippen LogP contribution in [0, 0.1) is 5.92 Å². The summed E-state index contributed by atoms with van der Waals surface area (Å²) in [5.41, 5.74) is 8.53. The van der Waals surface area contributed by atoms with E-state index in [-0.39, 0.29) is 17.7 Å². The fourth-order valence-corrected chi connectivity index (χ4v) is 4.22. The van der Waals surface area contributed by atoms with Crippen LogP contribution < -0.4 is 11.1 Å². The summed E-state index contributed by atoms with van der Waals surface area (Å²) < 4.78 is 2.11. The third kappa shape index (κ3) is 4.71. The maximum atomic E-state index is 12.6. The van der Waals surface area contributed by atoms with Gasteiger partial charge in [-0.1, -0.05) is 36.4 Å². The van der Waals surface area contributed by atoms with Crippen molar-refractivity contribution in [2.45, 2.75) is 32.4 Å². The second-order valence-electron chi connectivity index (χ2n) is 8.00. The summed E-state index contributed by atoms with van der Waals surface area (Å²) in [5, 5.41) is 4.25. The molecule has 0 saturated carbocycles. The number of amides is 2. The fraction of sp³-hybridized carbons (Fsp3) is 0.333. The van der Waals surface area contributed by atoms with E-state index < -0.39 is 0 Å². The van der Waals surface area contributed by atoms with Crippen LogP contribution in [0.15, 0.2) is 60.8 Å². The summed E-state index contributed by atoms with van der Waals surface area (Å²) in [6.07, 6.45) is 4.25. The van der Waals surface area contributed by atoms with Gasteiger partial charge >= 0.3 is 0 Å². The molecule has 3 N–H and O–H groups in total. The zero-order chi connectivity index (χ0) is 20.9. The first kappa shape index (κ1) is 20.2. The minimum atomic E-state index is -0.223. The van der Waals surface area contributed by atoms with Crippen LogP contribution in [0.3, 0.4) is 0 Å². The van der Waals surface area contributed by atoms with Gasteiger partial charge in [0, 0.05) is 43.5 Å². The number of para-hydroxylation sites is 2. The van der Waals surface area contributed by atoms with E-state index in [0.717, 1.165) is 36.2 Å². The second-order valence-corrected chi connectivity index (χ2v) is 8.00. The molecule has 6 nitrogen and oxygen atoms in total. The number of nitrogens with zero attached hydrogens (tertiary/aromatic N) is 2. The fourth-order valence-electron chi connectivity index (χ4n) is 4.22. The minimum Gasteiger partial charge on any atom is -0.369 e. The number of nitrogens with one attached hydrogen (secondary N) is 1. The van der Waals surface area contributed by atoms with Crippen LogP contribution in [0.2, 0.25) is 0 Å². The smallest absolute Gasteiger partial charge is 0.226 e. The monoisotopic (exact) mass is 404 g/mol. The average Bonchev–Trinajstić information content (AvgIpc) is 3.17. The molecule has 1 aliphatic rings. The molecule has 2 aromatic carbocycles. The van der Waals surface area contributed by atoms with E-state index in [2.05, 4.69) is 33.0 Å². The van der Waals surface area contributed by atoms with Crippen molar-refractivity contribution < 1.29 is 9.59 Å². The predicted octanol–water partition coefficient (Wildman–Crippen LogP) is 3.37. The standard InChI is InChI=1S/C24H28N4O2/c25-24(30)20-8-5-13-27(17-20)16-19-7-1-3-9-21(19)26-23(29)12-15-28-14-11-18-6-2-4-10-22(18)28/h1-4,6-7,9-11,14,20H,5,8,12-13,15-17H2,(H2,25,30)(H,26,29). The molecule has 1 saturated heterocycles. The Kier molecular flexibility index (Phi) is 6.14. The zero-order valence-electron chi connectivity index (χ0n) is 17.1. The third-order valence-corrected chi connectivity index (χ3v) is 5.85. The molecule has 30 heavy (non-hydrogen) atoms. The van der Waals surface area contributed by atoms with Gasteiger partial charge in [-0.2, -0.15) is 0 Å². The molecule has 1 aliphatic heterocycles. The van der Waals surface area contributed by atoms with Gasteiger partial charge in [0.1, 0.15) is 0 Å². The Morgan fingerprint density at radius 2 is 1.87 bits per heavy atom. The number of primary amides is 1. The van der Waals surface area contributed by atoms with Gasteiger partial charge in [0.25, 0.3) is 0 Å². The van der Waals surface area contributed by atoms with Crippen LogP contribution in [-0.4, -0.2) is 34.4 Å². The van der Waals surface area contributed by atoms with Crippen molar-refractivity contribution in [3.8, 4) is 0 Å². The number of likely N-dealkylation sites (tertiary alicyclic amines) is 1. The summed E-state index contributed by atoms with van der Waals surface area (Å²) in [6, 6.07) is 18.1. The van der Waals surface area contributed by atoms with E-state index >= 15 is 0 Å². The van der Waals surface area contributed by atoms with Crippen LogP contribution in [0.1, 0.15) is 24.8 Å². The van der Waals surface area contributed by atoms with Gasteiger partial charge in [0.15, 0.2) is 0 Å². The van der Waals surface area contributed by atoms with Crippen molar-refractivity contribution >= 4 is 28.4 Å². The topological polar surface area (TPSA) is 80.4 Å². The molecule has 156 valence electrons. The molecule has 6 heteroatoms. The average molecular weight is 405 g/mol. The maximum Gasteiger partial charge on any atom is 0.226 e. The number of benzene rings is 2. The number of piperidine rings is 1. The number of carbonyl (C=O) groups is 2. The Labute approximate surface area is 176 Å². The van der Waals surface area contributed by atoms with Gasteiger partial charge in [-0.15, -0.1) is 0 Å². The van der Waals surface area contributed by atoms with Gasteiger partial charge < -0.3 is 15.6 Å². The number of hydrogen-bond acceptors (Lipinski definition) is 3. The van der Waals surface area contributed by atoms with Crippen molar-refractivity contribution in [2.24, 2.45) is 11.7 Å². The number of anilines is 1. The first-order chi connectivity index (χ1) is 14.6. The molecule has 1 aromatic heterocycles. The highest BCUT2D eigenvalue weighted by atomic mass is 16.2. The largest absolute Gasteiger partial charge is 0.369 e. The lowest BCUT2D eigenvalue weighted by Crippen LogP contribution is -2.40. The van der Waals surface area contributed by atoms with Crippen LogP contribution in [0.4, 0.5) is 5.69 Å². The van der Waals surface area contributed by atoms with E-state index in [4.69, 9.17) is 5.73 Å². The van der Waals surface area contributed by atoms with Crippen LogP contribution in [-0.2, 0) is 22.7 Å². The highest BCUT2D eigenvalue weighted by Gasteiger charge is 2.24. The van der Waals surface area contributed by atoms with Crippen molar-refractivity contribution in [3.63, 3.8) is 0 Å². The molecule has 1 unspecified atom stereocenters. The van der Waals surface area contributed by atoms with Gasteiger partial charge in [0.2, 0.25) is 11.8 Å². The summed E-state index contributed by atoms with van der Waals surface area (Å²) in [7, 11) is 0. The zero-order valence-corrected chi connectivity index (χ0v) is 17.1. The molecule has 2 amide bonds. The summed E-state index contributed by atoms with van der Waals surface area (Å²) >= 11 is 0. The van der Waals surface area contributed by atoms with E-state index in [1.807, 2.05) is 42.6 Å². The van der Waals surface area contributed by atoms with Crippen molar-refractivity contribution in [2.75, 3.05) is 18.4 Å². The Morgan fingerprint density at radius 1 is 1.07 bits per heavy atom. The highest BCUT2D eigenvalue weighted by Crippen LogP contribution is 2.22. The molecule has 0 spiro atoms. The number of fused-ring (bicyclic) bond motifs is 1. The molecule has 1 fully saturated rings. The SMILES string of the molecule is NC(=O)C1CCCN(Cc2ccccc2NC(=O)CCn2ccc3ccccc32)C1. The summed E-state index contributed by atoms with van der Waals surface area (Å²) in [6.45, 7) is 2.95. The molecule has 4 rings (SSSR count). The molecule has 0 aliphatic carbocycles. The molecule has 2 heterocycles. The Bertz CT molecular complexity index is 1040. The van der Waals surface area contributed by atoms with Crippen LogP contribution in [0.25, 0.3) is 10.9 Å². The molecular formula is C24H28N4O2. The van der Waals surface area contributed by atoms with E-state index in [0.29, 0.717) is 26.1 Å². The Morgan fingerprint density at radius 3 is 2.73 bits per heavy atom. The number of hydrogen-bond donors (Lipinski definition) is 2. The Balaban J connectivity index is 1.37. The van der Waals surface area contributed by atoms with Gasteiger partial charge in [-0.3, -0.25) is 14.5 Å². The quantitative estimate of drug-likeness (QED) is 0.634. The lowest BCUT2D eigenvalue weighted by molar-refractivity contribution is -0.123. The predicted molar refractivity (Wildman–Crippen MR) is 119 cm³/mol. The maximum absolute atomic E-state index is 12.6. The first-order valence-corrected chi connectivity index (χ1v) is 10.5. The van der Waals surface area contributed by atoms with Gasteiger partial charge in [-0.05, 0) is 48.5 Å². The lowest BCUT2D eigenvalue weighted by Gasteiger charge is -2.31. The van der Waals surface area contributed by atoms with Crippen molar-refractivity contribution in [3.05, 3.63) is 66.4 Å². The van der Waals surface area contributed by atoms with Gasteiger partial charge in [0.05, 0.1) is 5.92 Å². The van der Waals surface area contributed by atoms with Crippen molar-refractivity contribution in [1.29, 1.82) is 0 Å². The number of nitrogens with two attached hydrogens (primary N) is 1. The number of aryl methyl sites for hydroxylation is 1. The van der Waals surface area contributed by atoms with Crippen LogP contribution >= 0.6 is 0 Å². The number of aromatic nitrogens is 1. The van der Waals surface area contributed by atoms with Gasteiger partial charge in [-0.25, -0.2) is 0 Å². The molecule has 1 atom stereocenters. The highest BCUT2D eigenvalue weighted by molar-refractivity contribution is 5.91. The van der Waals surface area contributed by atoms with Crippen LogP contribution in [0.5, 0.6) is 0 Å². The normalized spacial score (nSPS) is 17.1. The summed E-state index contributed by atoms with van der Waals surface area (Å²) in [5.74, 6) is -0.315. The molecule has 0 radical (unpaired) electrons. The third-order valence-electron chi connectivity index (χ3n) is 5.85. The van der Waals surface area contributed by atoms with E-state index in [9.17, 15) is 9.59 Å². The first-order valence-electron chi connectivity index (χ1n) is 10.5. The van der Waals surface area contributed by atoms with Crippen molar-refractivity contribution in [1.82, 2.24) is 9.47 Å². The molecule has 0 bridgehead atoms. The Hall–Kier alpha value is -3.12. The molecular weight excluding hydrogens is 376 g/mol. The minimum absolute atomic E-state index is 0.00566. The second kappa shape index (κ2) is 9.13. The van der Waals surface area contributed by atoms with E-state index in [1.54, 1.807) is 0 Å². The molecule has 3 aromatic rings. The number of carbonyl (C=O) groups excluding carboxylic acids is 2. The summed E-state index contributed by atoms with van der Waals surface area (Å²) in [4.78, 5) is 26.4. The van der Waals surface area contributed by atoms with E-state index in [1.165, 1.54) is 5.39 Å².